The second-order valence-corrected chi connectivity index (χ2v) is 10.4. The maximum atomic E-state index is 13.6. The van der Waals surface area contributed by atoms with Crippen molar-refractivity contribution in [1.82, 2.24) is 4.31 Å². The van der Waals surface area contributed by atoms with Crippen molar-refractivity contribution in [2.75, 3.05) is 17.2 Å². The molecule has 2 N–H and O–H groups in total. The van der Waals surface area contributed by atoms with Crippen LogP contribution in [0, 0.1) is 13.8 Å². The summed E-state index contributed by atoms with van der Waals surface area (Å²) in [6.07, 6.45) is 0.254. The number of carbonyl (C=O) groups excluding carboxylic acids is 2. The lowest BCUT2D eigenvalue weighted by atomic mass is 10.1. The zero-order chi connectivity index (χ0) is 23.2. The van der Waals surface area contributed by atoms with Crippen molar-refractivity contribution in [3.8, 4) is 5.75 Å². The molecule has 0 aromatic heterocycles. The van der Waals surface area contributed by atoms with Crippen LogP contribution in [-0.2, 0) is 19.6 Å². The molecular formula is C22H24ClN3O5S. The van der Waals surface area contributed by atoms with E-state index in [1.807, 2.05) is 6.92 Å². The van der Waals surface area contributed by atoms with Gasteiger partial charge < -0.3 is 15.4 Å². The Balaban J connectivity index is 1.63. The predicted molar refractivity (Wildman–Crippen MR) is 122 cm³/mol. The van der Waals surface area contributed by atoms with Gasteiger partial charge in [-0.25, -0.2) is 8.42 Å². The number of rotatable bonds is 4. The van der Waals surface area contributed by atoms with Crippen LogP contribution < -0.4 is 15.4 Å². The molecule has 2 heterocycles. The number of nitrogens with zero attached hydrogens (tertiary/aromatic N) is 1. The van der Waals surface area contributed by atoms with E-state index >= 15 is 0 Å². The summed E-state index contributed by atoms with van der Waals surface area (Å²) < 4.78 is 33.9. The van der Waals surface area contributed by atoms with Gasteiger partial charge in [-0.3, -0.25) is 9.59 Å². The quantitative estimate of drug-likeness (QED) is 0.701. The molecule has 0 aliphatic carbocycles. The van der Waals surface area contributed by atoms with Gasteiger partial charge in [0.1, 0.15) is 11.8 Å². The first kappa shape index (κ1) is 22.6. The van der Waals surface area contributed by atoms with Crippen LogP contribution in [0.25, 0.3) is 0 Å². The van der Waals surface area contributed by atoms with Crippen molar-refractivity contribution >= 4 is 44.8 Å². The third-order valence-corrected chi connectivity index (χ3v) is 8.04. The molecule has 2 amide bonds. The molecule has 2 atom stereocenters. The second kappa shape index (κ2) is 8.38. The normalized spacial score (nSPS) is 20.9. The summed E-state index contributed by atoms with van der Waals surface area (Å²) in [6.45, 7) is 5.31. The van der Waals surface area contributed by atoms with E-state index in [1.165, 1.54) is 10.4 Å². The van der Waals surface area contributed by atoms with Crippen LogP contribution in [0.2, 0.25) is 5.02 Å². The molecule has 2 unspecified atom stereocenters. The van der Waals surface area contributed by atoms with Gasteiger partial charge in [-0.2, -0.15) is 4.31 Å². The maximum Gasteiger partial charge on any atom is 0.265 e. The SMILES string of the molecule is Cc1ccc(Cl)cc1NC(=O)C1CCCN1S(=O)(=O)c1cc2c(cc1C)NC(=O)C(C)O2. The number of fused-ring (bicyclic) bond motifs is 1. The zero-order valence-corrected chi connectivity index (χ0v) is 19.5. The molecule has 0 saturated carbocycles. The van der Waals surface area contributed by atoms with Crippen LogP contribution in [0.15, 0.2) is 35.2 Å². The number of benzene rings is 2. The van der Waals surface area contributed by atoms with Gasteiger partial charge in [0.05, 0.1) is 10.6 Å². The highest BCUT2D eigenvalue weighted by Gasteiger charge is 2.41. The van der Waals surface area contributed by atoms with Gasteiger partial charge in [-0.1, -0.05) is 17.7 Å². The number of carbonyl (C=O) groups is 2. The molecule has 2 aliphatic heterocycles. The Kier molecular flexibility index (Phi) is 5.91. The summed E-state index contributed by atoms with van der Waals surface area (Å²) in [4.78, 5) is 24.9. The van der Waals surface area contributed by atoms with Crippen LogP contribution >= 0.6 is 11.6 Å². The number of hydrogen-bond donors (Lipinski definition) is 2. The Labute approximate surface area is 191 Å². The van der Waals surface area contributed by atoms with Gasteiger partial charge in [-0.15, -0.1) is 0 Å². The van der Waals surface area contributed by atoms with Crippen molar-refractivity contribution in [1.29, 1.82) is 0 Å². The van der Waals surface area contributed by atoms with Gasteiger partial charge in [0, 0.05) is 23.3 Å². The molecular weight excluding hydrogens is 454 g/mol. The van der Waals surface area contributed by atoms with Crippen LogP contribution in [-0.4, -0.2) is 43.2 Å². The van der Waals surface area contributed by atoms with E-state index in [2.05, 4.69) is 10.6 Å². The first-order chi connectivity index (χ1) is 15.1. The van der Waals surface area contributed by atoms with Crippen LogP contribution in [0.3, 0.4) is 0 Å². The number of sulfonamides is 1. The van der Waals surface area contributed by atoms with Crippen LogP contribution in [0.4, 0.5) is 11.4 Å². The lowest BCUT2D eigenvalue weighted by Gasteiger charge is -2.27. The number of aryl methyl sites for hydroxylation is 2. The Morgan fingerprint density at radius 2 is 1.97 bits per heavy atom. The summed E-state index contributed by atoms with van der Waals surface area (Å²) in [5, 5.41) is 6.02. The van der Waals surface area contributed by atoms with Crippen molar-refractivity contribution in [2.24, 2.45) is 0 Å². The van der Waals surface area contributed by atoms with E-state index in [-0.39, 0.29) is 23.1 Å². The van der Waals surface area contributed by atoms with E-state index in [4.69, 9.17) is 16.3 Å². The Morgan fingerprint density at radius 1 is 1.22 bits per heavy atom. The summed E-state index contributed by atoms with van der Waals surface area (Å²) in [5.74, 6) is -0.402. The van der Waals surface area contributed by atoms with Crippen molar-refractivity contribution in [3.05, 3.63) is 46.5 Å². The van der Waals surface area contributed by atoms with Crippen molar-refractivity contribution < 1.29 is 22.7 Å². The fourth-order valence-electron chi connectivity index (χ4n) is 3.98. The van der Waals surface area contributed by atoms with Gasteiger partial charge >= 0.3 is 0 Å². The molecule has 4 rings (SSSR count). The largest absolute Gasteiger partial charge is 0.479 e. The Hall–Kier alpha value is -2.62. The summed E-state index contributed by atoms with van der Waals surface area (Å²) in [5.41, 5.74) is 2.26. The molecule has 0 bridgehead atoms. The van der Waals surface area contributed by atoms with E-state index in [0.29, 0.717) is 34.8 Å². The molecule has 1 fully saturated rings. The van der Waals surface area contributed by atoms with Gasteiger partial charge in [-0.05, 0) is 62.9 Å². The molecule has 170 valence electrons. The van der Waals surface area contributed by atoms with E-state index < -0.39 is 28.1 Å². The number of nitrogens with one attached hydrogen (secondary N) is 2. The molecule has 2 aromatic rings. The smallest absolute Gasteiger partial charge is 0.265 e. The standard InChI is InChI=1S/C22H24ClN3O5S/c1-12-6-7-15(23)10-16(12)24-22(28)18-5-4-8-26(18)32(29,30)20-11-19-17(9-13(20)2)25-21(27)14(3)31-19/h6-7,9-11,14,18H,4-5,8H2,1-3H3,(H,24,28)(H,25,27). The minimum atomic E-state index is -3.98. The molecule has 8 nitrogen and oxygen atoms in total. The fraction of sp³-hybridized carbons (Fsp3) is 0.364. The monoisotopic (exact) mass is 477 g/mol. The van der Waals surface area contributed by atoms with E-state index in [0.717, 1.165) is 5.56 Å². The molecule has 10 heteroatoms. The molecule has 2 aromatic carbocycles. The highest BCUT2D eigenvalue weighted by Crippen LogP contribution is 2.37. The number of hydrogen-bond acceptors (Lipinski definition) is 5. The summed E-state index contributed by atoms with van der Waals surface area (Å²) >= 11 is 6.04. The highest BCUT2D eigenvalue weighted by molar-refractivity contribution is 7.89. The van der Waals surface area contributed by atoms with Gasteiger partial charge in [0.2, 0.25) is 15.9 Å². The lowest BCUT2D eigenvalue weighted by Crippen LogP contribution is -2.43. The minimum Gasteiger partial charge on any atom is -0.479 e. The van der Waals surface area contributed by atoms with E-state index in [9.17, 15) is 18.0 Å². The zero-order valence-electron chi connectivity index (χ0n) is 17.9. The molecule has 0 radical (unpaired) electrons. The average Bonchev–Trinajstić information content (AvgIpc) is 3.22. The molecule has 2 aliphatic rings. The van der Waals surface area contributed by atoms with Gasteiger partial charge in [0.15, 0.2) is 6.10 Å². The third kappa shape index (κ3) is 4.07. The number of halogens is 1. The average molecular weight is 478 g/mol. The van der Waals surface area contributed by atoms with E-state index in [1.54, 1.807) is 38.1 Å². The first-order valence-corrected chi connectivity index (χ1v) is 12.1. The minimum absolute atomic E-state index is 0.0539. The summed E-state index contributed by atoms with van der Waals surface area (Å²) in [7, 11) is -3.98. The van der Waals surface area contributed by atoms with Crippen molar-refractivity contribution in [3.63, 3.8) is 0 Å². The maximum absolute atomic E-state index is 13.6. The van der Waals surface area contributed by atoms with Gasteiger partial charge in [0.25, 0.3) is 5.91 Å². The topological polar surface area (TPSA) is 105 Å². The molecule has 1 saturated heterocycles. The second-order valence-electron chi connectivity index (χ2n) is 8.09. The first-order valence-electron chi connectivity index (χ1n) is 10.3. The third-order valence-electron chi connectivity index (χ3n) is 5.76. The number of anilines is 2. The summed E-state index contributed by atoms with van der Waals surface area (Å²) in [6, 6.07) is 7.31. The van der Waals surface area contributed by atoms with Crippen LogP contribution in [0.5, 0.6) is 5.75 Å². The molecule has 0 spiro atoms. The van der Waals surface area contributed by atoms with Crippen LogP contribution in [0.1, 0.15) is 30.9 Å². The lowest BCUT2D eigenvalue weighted by molar-refractivity contribution is -0.122. The Bertz CT molecular complexity index is 1210. The van der Waals surface area contributed by atoms with Crippen molar-refractivity contribution in [2.45, 2.75) is 50.7 Å². The molecule has 32 heavy (non-hydrogen) atoms. The highest BCUT2D eigenvalue weighted by atomic mass is 35.5. The predicted octanol–water partition coefficient (Wildman–Crippen LogP) is 3.47. The Morgan fingerprint density at radius 3 is 2.72 bits per heavy atom. The number of amides is 2. The fourth-order valence-corrected chi connectivity index (χ4v) is 6.03. The number of ether oxygens (including phenoxy) is 1.